The molecular weight excluding hydrogens is 442 g/mol. The summed E-state index contributed by atoms with van der Waals surface area (Å²) >= 11 is 6.32. The fourth-order valence-electron chi connectivity index (χ4n) is 3.79. The Morgan fingerprint density at radius 1 is 1.18 bits per heavy atom. The zero-order valence-electron chi connectivity index (χ0n) is 18.2. The molecule has 4 rings (SSSR count). The van der Waals surface area contributed by atoms with E-state index in [0.29, 0.717) is 30.8 Å². The number of nitrogens with zero attached hydrogens (tertiary/aromatic N) is 4. The minimum Gasteiger partial charge on any atom is -0.497 e. The molecular formula is C24H24ClN5O3. The highest BCUT2D eigenvalue weighted by molar-refractivity contribution is 6.30. The lowest BCUT2D eigenvalue weighted by Crippen LogP contribution is -2.44. The highest BCUT2D eigenvalue weighted by atomic mass is 35.5. The number of ether oxygens (including phenoxy) is 2. The highest BCUT2D eigenvalue weighted by Crippen LogP contribution is 2.26. The van der Waals surface area contributed by atoms with Crippen LogP contribution >= 0.6 is 11.6 Å². The molecule has 1 amide bonds. The third-order valence-corrected chi connectivity index (χ3v) is 5.87. The fraction of sp³-hybridized carbons (Fsp3) is 0.333. The van der Waals surface area contributed by atoms with Crippen molar-refractivity contribution in [2.24, 2.45) is 0 Å². The molecule has 0 radical (unpaired) electrons. The number of halogens is 1. The fourth-order valence-corrected chi connectivity index (χ4v) is 4.03. The molecule has 0 spiro atoms. The van der Waals surface area contributed by atoms with Crippen LogP contribution in [0.1, 0.15) is 23.2 Å². The highest BCUT2D eigenvalue weighted by Gasteiger charge is 2.29. The number of aromatic nitrogens is 2. The summed E-state index contributed by atoms with van der Waals surface area (Å²) in [5.41, 5.74) is 2.23. The summed E-state index contributed by atoms with van der Waals surface area (Å²) in [5.74, 6) is -0.943. The van der Waals surface area contributed by atoms with Crippen LogP contribution in [0, 0.1) is 11.3 Å². The van der Waals surface area contributed by atoms with E-state index in [-0.39, 0.29) is 16.9 Å². The van der Waals surface area contributed by atoms with E-state index in [1.54, 1.807) is 19.2 Å². The van der Waals surface area contributed by atoms with Gasteiger partial charge in [-0.25, -0.2) is 9.97 Å². The number of nitriles is 1. The Morgan fingerprint density at radius 2 is 1.85 bits per heavy atom. The normalized spacial score (nSPS) is 16.0. The Kier molecular flexibility index (Phi) is 7.35. The third kappa shape index (κ3) is 5.40. The molecule has 33 heavy (non-hydrogen) atoms. The molecule has 2 heterocycles. The lowest BCUT2D eigenvalue weighted by Gasteiger charge is -2.31. The molecule has 2 unspecified atom stereocenters. The van der Waals surface area contributed by atoms with Crippen LogP contribution in [0.25, 0.3) is 11.0 Å². The summed E-state index contributed by atoms with van der Waals surface area (Å²) in [6, 6.07) is 16.4. The number of hydrogen-bond acceptors (Lipinski definition) is 7. The number of para-hydroxylation sites is 2. The molecule has 8 nitrogen and oxygen atoms in total. The summed E-state index contributed by atoms with van der Waals surface area (Å²) < 4.78 is 10.7. The molecule has 1 aromatic heterocycles. The first-order valence-electron chi connectivity index (χ1n) is 10.6. The smallest absolute Gasteiger partial charge is 0.244 e. The topological polar surface area (TPSA) is 100 Å². The van der Waals surface area contributed by atoms with Gasteiger partial charge in [-0.2, -0.15) is 5.26 Å². The molecule has 2 aromatic carbocycles. The monoisotopic (exact) mass is 465 g/mol. The van der Waals surface area contributed by atoms with E-state index in [4.69, 9.17) is 21.1 Å². The second-order valence-electron chi connectivity index (χ2n) is 7.70. The first-order chi connectivity index (χ1) is 16.1. The van der Waals surface area contributed by atoms with Crippen molar-refractivity contribution in [3.05, 3.63) is 64.9 Å². The van der Waals surface area contributed by atoms with E-state index in [0.717, 1.165) is 24.4 Å². The quantitative estimate of drug-likeness (QED) is 0.572. The summed E-state index contributed by atoms with van der Waals surface area (Å²) in [7, 11) is 1.61. The van der Waals surface area contributed by atoms with Gasteiger partial charge in [-0.3, -0.25) is 9.69 Å². The molecule has 0 aliphatic carbocycles. The lowest BCUT2D eigenvalue weighted by molar-refractivity contribution is -0.122. The molecule has 1 N–H and O–H groups in total. The van der Waals surface area contributed by atoms with Crippen molar-refractivity contribution in [3.8, 4) is 11.8 Å². The molecule has 1 fully saturated rings. The average Bonchev–Trinajstić information content (AvgIpc) is 2.85. The van der Waals surface area contributed by atoms with Crippen molar-refractivity contribution >= 4 is 28.5 Å². The largest absolute Gasteiger partial charge is 0.497 e. The van der Waals surface area contributed by atoms with Crippen molar-refractivity contribution in [2.45, 2.75) is 12.0 Å². The average molecular weight is 466 g/mol. The van der Waals surface area contributed by atoms with Crippen LogP contribution in [0.4, 0.5) is 0 Å². The number of carbonyl (C=O) groups excluding carboxylic acids is 1. The first-order valence-corrected chi connectivity index (χ1v) is 11.0. The zero-order chi connectivity index (χ0) is 23.2. The van der Waals surface area contributed by atoms with Gasteiger partial charge in [0.2, 0.25) is 5.91 Å². The number of carbonyl (C=O) groups is 1. The molecule has 0 saturated carbocycles. The number of amides is 1. The van der Waals surface area contributed by atoms with Crippen molar-refractivity contribution < 1.29 is 14.3 Å². The van der Waals surface area contributed by atoms with E-state index < -0.39 is 11.8 Å². The number of rotatable bonds is 7. The molecule has 170 valence electrons. The van der Waals surface area contributed by atoms with E-state index >= 15 is 0 Å². The zero-order valence-corrected chi connectivity index (χ0v) is 19.0. The Bertz CT molecular complexity index is 1160. The van der Waals surface area contributed by atoms with Gasteiger partial charge in [0.25, 0.3) is 0 Å². The predicted molar refractivity (Wildman–Crippen MR) is 124 cm³/mol. The Labute approximate surface area is 197 Å². The number of methoxy groups -OCH3 is 1. The summed E-state index contributed by atoms with van der Waals surface area (Å²) in [6.07, 6.45) is 0. The van der Waals surface area contributed by atoms with Crippen LogP contribution < -0.4 is 10.1 Å². The van der Waals surface area contributed by atoms with Crippen molar-refractivity contribution in [1.82, 2.24) is 20.2 Å². The van der Waals surface area contributed by atoms with Gasteiger partial charge in [-0.05, 0) is 29.8 Å². The molecule has 9 heteroatoms. The Balaban J connectivity index is 1.60. The number of nitrogens with one attached hydrogen (secondary N) is 1. The molecule has 3 aromatic rings. The molecule has 1 saturated heterocycles. The van der Waals surface area contributed by atoms with Crippen LogP contribution in [0.3, 0.4) is 0 Å². The molecule has 0 bridgehead atoms. The van der Waals surface area contributed by atoms with Gasteiger partial charge in [0, 0.05) is 19.6 Å². The van der Waals surface area contributed by atoms with E-state index in [2.05, 4.69) is 20.2 Å². The maximum atomic E-state index is 13.3. The van der Waals surface area contributed by atoms with Crippen LogP contribution in [0.5, 0.6) is 5.75 Å². The Morgan fingerprint density at radius 3 is 2.48 bits per heavy atom. The van der Waals surface area contributed by atoms with Gasteiger partial charge in [-0.15, -0.1) is 0 Å². The van der Waals surface area contributed by atoms with Gasteiger partial charge < -0.3 is 14.8 Å². The third-order valence-electron chi connectivity index (χ3n) is 5.60. The summed E-state index contributed by atoms with van der Waals surface area (Å²) in [5, 5.41) is 12.9. The van der Waals surface area contributed by atoms with Crippen molar-refractivity contribution in [2.75, 3.05) is 40.0 Å². The first kappa shape index (κ1) is 22.9. The maximum absolute atomic E-state index is 13.3. The number of hydrogen-bond donors (Lipinski definition) is 1. The predicted octanol–water partition coefficient (Wildman–Crippen LogP) is 3.09. The number of benzene rings is 2. The number of fused-ring (bicyclic) bond motifs is 1. The molecule has 1 aliphatic rings. The van der Waals surface area contributed by atoms with Crippen LogP contribution in [0.15, 0.2) is 48.5 Å². The van der Waals surface area contributed by atoms with E-state index in [1.165, 1.54) is 0 Å². The van der Waals surface area contributed by atoms with Gasteiger partial charge in [0.1, 0.15) is 11.4 Å². The van der Waals surface area contributed by atoms with E-state index in [1.807, 2.05) is 42.5 Å². The summed E-state index contributed by atoms with van der Waals surface area (Å²) in [4.78, 5) is 24.3. The second-order valence-corrected chi connectivity index (χ2v) is 8.06. The minimum absolute atomic E-state index is 0.0459. The SMILES string of the molecule is COc1ccc(C(CN2CCOCC2)NC(=O)C(C#N)c2nc3ccccc3nc2Cl)cc1. The van der Waals surface area contributed by atoms with Crippen LogP contribution in [-0.2, 0) is 9.53 Å². The van der Waals surface area contributed by atoms with Gasteiger partial charge in [0.05, 0.1) is 43.5 Å². The van der Waals surface area contributed by atoms with Gasteiger partial charge in [0.15, 0.2) is 11.1 Å². The molecule has 1 aliphatic heterocycles. The van der Waals surface area contributed by atoms with Crippen molar-refractivity contribution in [3.63, 3.8) is 0 Å². The minimum atomic E-state index is -1.19. The second kappa shape index (κ2) is 10.6. The lowest BCUT2D eigenvalue weighted by atomic mass is 10.0. The van der Waals surface area contributed by atoms with E-state index in [9.17, 15) is 10.1 Å². The van der Waals surface area contributed by atoms with Gasteiger partial charge in [-0.1, -0.05) is 35.9 Å². The van der Waals surface area contributed by atoms with Crippen LogP contribution in [0.2, 0.25) is 5.15 Å². The Hall–Kier alpha value is -3.25. The molecule has 2 atom stereocenters. The van der Waals surface area contributed by atoms with Crippen molar-refractivity contribution in [1.29, 1.82) is 5.26 Å². The number of morpholine rings is 1. The van der Waals surface area contributed by atoms with Gasteiger partial charge >= 0.3 is 0 Å². The van der Waals surface area contributed by atoms with Crippen LogP contribution in [-0.4, -0.2) is 60.7 Å². The standard InChI is InChI=1S/C24H24ClN5O3/c1-32-17-8-6-16(7-9-17)21(15-30-10-12-33-13-11-30)29-24(31)18(14-26)22-23(25)28-20-5-3-2-4-19(20)27-22/h2-9,18,21H,10-13,15H2,1H3,(H,29,31). The maximum Gasteiger partial charge on any atom is 0.244 e. The summed E-state index contributed by atoms with van der Waals surface area (Å²) in [6.45, 7) is 3.41.